The predicted molar refractivity (Wildman–Crippen MR) is 112 cm³/mol. The van der Waals surface area contributed by atoms with Gasteiger partial charge in [0.1, 0.15) is 18.1 Å². The molecule has 3 amide bonds. The molecule has 0 aromatic carbocycles. The van der Waals surface area contributed by atoms with Crippen molar-refractivity contribution in [1.82, 2.24) is 25.9 Å². The van der Waals surface area contributed by atoms with E-state index in [9.17, 15) is 34.2 Å². The molecule has 184 valence electrons. The van der Waals surface area contributed by atoms with Gasteiger partial charge in [-0.2, -0.15) is 0 Å². The highest BCUT2D eigenvalue weighted by atomic mass is 16.4. The van der Waals surface area contributed by atoms with Gasteiger partial charge in [-0.05, 0) is 12.3 Å². The monoisotopic (exact) mass is 470 g/mol. The molecule has 4 unspecified atom stereocenters. The van der Waals surface area contributed by atoms with Crippen LogP contribution in [0.4, 0.5) is 0 Å². The Bertz CT molecular complexity index is 828. The van der Waals surface area contributed by atoms with Crippen molar-refractivity contribution in [2.24, 2.45) is 11.7 Å². The zero-order valence-electron chi connectivity index (χ0n) is 18.3. The number of aromatic nitrogens is 2. The molecule has 33 heavy (non-hydrogen) atoms. The molecule has 0 aliphatic carbocycles. The Morgan fingerprint density at radius 1 is 1.00 bits per heavy atom. The molecule has 14 nitrogen and oxygen atoms in total. The Morgan fingerprint density at radius 3 is 2.06 bits per heavy atom. The van der Waals surface area contributed by atoms with E-state index in [1.165, 1.54) is 12.5 Å². The molecule has 0 aliphatic rings. The zero-order chi connectivity index (χ0) is 25.1. The van der Waals surface area contributed by atoms with Gasteiger partial charge in [-0.15, -0.1) is 0 Å². The summed E-state index contributed by atoms with van der Waals surface area (Å²) in [6, 6.07) is -5.55. The fraction of sp³-hybridized carbons (Fsp3) is 0.579. The first kappa shape index (κ1) is 27.5. The van der Waals surface area contributed by atoms with E-state index in [0.29, 0.717) is 5.69 Å². The Morgan fingerprint density at radius 2 is 1.58 bits per heavy atom. The van der Waals surface area contributed by atoms with Crippen molar-refractivity contribution in [2.75, 3.05) is 6.61 Å². The van der Waals surface area contributed by atoms with Crippen LogP contribution >= 0.6 is 0 Å². The summed E-state index contributed by atoms with van der Waals surface area (Å²) in [6.45, 7) is 2.62. The van der Waals surface area contributed by atoms with Crippen LogP contribution in [0.5, 0.6) is 0 Å². The number of hydrogen-bond donors (Lipinski definition) is 8. The summed E-state index contributed by atoms with van der Waals surface area (Å²) in [7, 11) is 0. The van der Waals surface area contributed by atoms with Crippen molar-refractivity contribution in [3.63, 3.8) is 0 Å². The van der Waals surface area contributed by atoms with Crippen LogP contribution < -0.4 is 21.7 Å². The topological polar surface area (TPSA) is 237 Å². The number of aromatic amines is 1. The fourth-order valence-electron chi connectivity index (χ4n) is 2.82. The molecule has 4 atom stereocenters. The first-order valence-electron chi connectivity index (χ1n) is 10.1. The fourth-order valence-corrected chi connectivity index (χ4v) is 2.82. The normalized spacial score (nSPS) is 14.6. The van der Waals surface area contributed by atoms with Crippen molar-refractivity contribution in [3.8, 4) is 0 Å². The van der Waals surface area contributed by atoms with Gasteiger partial charge in [0.2, 0.25) is 17.7 Å². The number of carboxylic acid groups (broad SMARTS) is 2. The summed E-state index contributed by atoms with van der Waals surface area (Å²) in [4.78, 5) is 66.4. The molecule has 1 aromatic heterocycles. The average molecular weight is 470 g/mol. The lowest BCUT2D eigenvalue weighted by atomic mass is 10.0. The third-order valence-electron chi connectivity index (χ3n) is 4.48. The van der Waals surface area contributed by atoms with E-state index in [0.717, 1.165) is 0 Å². The van der Waals surface area contributed by atoms with Crippen LogP contribution in [0.1, 0.15) is 32.4 Å². The number of nitrogens with zero attached hydrogens (tertiary/aromatic N) is 1. The molecule has 0 aliphatic heterocycles. The number of nitrogens with two attached hydrogens (primary N) is 1. The van der Waals surface area contributed by atoms with Crippen LogP contribution in [-0.2, 0) is 30.4 Å². The number of H-pyrrole nitrogens is 1. The smallest absolute Gasteiger partial charge is 0.326 e. The van der Waals surface area contributed by atoms with E-state index in [4.69, 9.17) is 10.8 Å². The molecule has 0 radical (unpaired) electrons. The van der Waals surface area contributed by atoms with Gasteiger partial charge < -0.3 is 42.0 Å². The molecule has 0 fully saturated rings. The summed E-state index contributed by atoms with van der Waals surface area (Å²) >= 11 is 0. The molecule has 0 bridgehead atoms. The highest BCUT2D eigenvalue weighted by Gasteiger charge is 2.31. The number of hydrogen-bond acceptors (Lipinski definition) is 8. The molecule has 9 N–H and O–H groups in total. The molecule has 1 rings (SSSR count). The first-order chi connectivity index (χ1) is 15.4. The van der Waals surface area contributed by atoms with Crippen molar-refractivity contribution < 1.29 is 39.3 Å². The minimum absolute atomic E-state index is 0.0715. The Labute approximate surface area is 189 Å². The number of amides is 3. The van der Waals surface area contributed by atoms with Crippen LogP contribution in [0.25, 0.3) is 0 Å². The number of rotatable bonds is 14. The SMILES string of the molecule is CC(C)CC(NC(=O)C(CC(=O)O)NC(=O)C(CO)NC(=O)C(N)Cc1cnc[nH]1)C(=O)O. The number of aliphatic carboxylic acids is 2. The summed E-state index contributed by atoms with van der Waals surface area (Å²) in [5, 5.41) is 34.4. The van der Waals surface area contributed by atoms with E-state index in [1.807, 2.05) is 0 Å². The Kier molecular flexibility index (Phi) is 10.9. The highest BCUT2D eigenvalue weighted by molar-refractivity contribution is 5.95. The van der Waals surface area contributed by atoms with Crippen LogP contribution in [0.2, 0.25) is 0 Å². The first-order valence-corrected chi connectivity index (χ1v) is 10.1. The lowest BCUT2D eigenvalue weighted by Crippen LogP contribution is -2.58. The van der Waals surface area contributed by atoms with E-state index in [-0.39, 0.29) is 18.8 Å². The van der Waals surface area contributed by atoms with Crippen molar-refractivity contribution in [1.29, 1.82) is 0 Å². The quantitative estimate of drug-likeness (QED) is 0.140. The second-order valence-corrected chi connectivity index (χ2v) is 7.82. The minimum atomic E-state index is -1.64. The third kappa shape index (κ3) is 9.65. The molecule has 14 heteroatoms. The number of nitrogens with one attached hydrogen (secondary N) is 4. The average Bonchev–Trinajstić information content (AvgIpc) is 3.22. The molecule has 1 heterocycles. The summed E-state index contributed by atoms with van der Waals surface area (Å²) in [6.07, 6.45) is 2.16. The van der Waals surface area contributed by atoms with Gasteiger partial charge in [0.05, 0.1) is 25.4 Å². The largest absolute Gasteiger partial charge is 0.481 e. The van der Waals surface area contributed by atoms with E-state index in [2.05, 4.69) is 25.9 Å². The van der Waals surface area contributed by atoms with Gasteiger partial charge in [0.15, 0.2) is 0 Å². The number of imidazole rings is 1. The molecular weight excluding hydrogens is 440 g/mol. The van der Waals surface area contributed by atoms with Gasteiger partial charge >= 0.3 is 11.9 Å². The number of carboxylic acids is 2. The Balaban J connectivity index is 2.82. The van der Waals surface area contributed by atoms with Gasteiger partial charge in [-0.1, -0.05) is 13.8 Å². The summed E-state index contributed by atoms with van der Waals surface area (Å²) < 4.78 is 0. The van der Waals surface area contributed by atoms with Crippen LogP contribution in [0, 0.1) is 5.92 Å². The lowest BCUT2D eigenvalue weighted by molar-refractivity contribution is -0.144. The Hall–Kier alpha value is -3.52. The van der Waals surface area contributed by atoms with Gasteiger partial charge in [0, 0.05) is 18.3 Å². The van der Waals surface area contributed by atoms with E-state index < -0.39 is 66.9 Å². The molecule has 1 aromatic rings. The van der Waals surface area contributed by atoms with Crippen LogP contribution in [0.15, 0.2) is 12.5 Å². The number of carbonyl (C=O) groups excluding carboxylic acids is 3. The third-order valence-corrected chi connectivity index (χ3v) is 4.48. The van der Waals surface area contributed by atoms with Gasteiger partial charge in [0.25, 0.3) is 0 Å². The molecule has 0 spiro atoms. The second kappa shape index (κ2) is 13.1. The van der Waals surface area contributed by atoms with Crippen LogP contribution in [0.3, 0.4) is 0 Å². The van der Waals surface area contributed by atoms with Crippen LogP contribution in [-0.4, -0.2) is 85.7 Å². The maximum Gasteiger partial charge on any atom is 0.326 e. The summed E-state index contributed by atoms with van der Waals surface area (Å²) in [5.74, 6) is -5.68. The van der Waals surface area contributed by atoms with E-state index >= 15 is 0 Å². The van der Waals surface area contributed by atoms with Crippen molar-refractivity contribution in [2.45, 2.75) is 57.3 Å². The maximum atomic E-state index is 12.5. The molecular formula is C19H30N6O8. The molecule has 0 saturated carbocycles. The van der Waals surface area contributed by atoms with Crippen molar-refractivity contribution >= 4 is 29.7 Å². The highest BCUT2D eigenvalue weighted by Crippen LogP contribution is 2.06. The minimum Gasteiger partial charge on any atom is -0.481 e. The zero-order valence-corrected chi connectivity index (χ0v) is 18.3. The number of aliphatic hydroxyl groups is 1. The van der Waals surface area contributed by atoms with Gasteiger partial charge in [-0.3, -0.25) is 19.2 Å². The summed E-state index contributed by atoms with van der Waals surface area (Å²) in [5.41, 5.74) is 6.34. The number of carbonyl (C=O) groups is 5. The van der Waals surface area contributed by atoms with Crippen molar-refractivity contribution in [3.05, 3.63) is 18.2 Å². The van der Waals surface area contributed by atoms with Gasteiger partial charge in [-0.25, -0.2) is 9.78 Å². The number of aliphatic hydroxyl groups excluding tert-OH is 1. The standard InChI is InChI=1S/C19H30N6O8/c1-9(2)3-13(19(32)33)24-17(30)12(5-15(27)28)23-18(31)14(7-26)25-16(29)11(20)4-10-6-21-8-22-10/h6,8-9,11-14,26H,3-5,7,20H2,1-2H3,(H,21,22)(H,23,31)(H,24,30)(H,25,29)(H,27,28)(H,32,33). The lowest BCUT2D eigenvalue weighted by Gasteiger charge is -2.24. The molecule has 0 saturated heterocycles. The maximum absolute atomic E-state index is 12.5. The second-order valence-electron chi connectivity index (χ2n) is 7.82. The predicted octanol–water partition coefficient (Wildman–Crippen LogP) is -2.67. The van der Waals surface area contributed by atoms with E-state index in [1.54, 1.807) is 13.8 Å².